The second-order valence-corrected chi connectivity index (χ2v) is 11.3. The first-order chi connectivity index (χ1) is 14.0. The second kappa shape index (κ2) is 8.72. The molecule has 1 saturated heterocycles. The summed E-state index contributed by atoms with van der Waals surface area (Å²) in [6.45, 7) is 4.06. The predicted octanol–water partition coefficient (Wildman–Crippen LogP) is 2.54. The summed E-state index contributed by atoms with van der Waals surface area (Å²) in [5.41, 5.74) is 1.77. The number of anilines is 2. The molecule has 0 unspecified atom stereocenters. The fourth-order valence-electron chi connectivity index (χ4n) is 3.13. The van der Waals surface area contributed by atoms with Crippen LogP contribution in [0.4, 0.5) is 11.4 Å². The molecule has 1 heterocycles. The second-order valence-electron chi connectivity index (χ2n) is 7.11. The van der Waals surface area contributed by atoms with Gasteiger partial charge in [0, 0.05) is 27.2 Å². The van der Waals surface area contributed by atoms with E-state index >= 15 is 0 Å². The molecule has 1 aliphatic rings. The van der Waals surface area contributed by atoms with Crippen molar-refractivity contribution >= 4 is 43.0 Å². The fraction of sp³-hybridized carbons (Fsp3) is 0.368. The van der Waals surface area contributed by atoms with E-state index in [1.807, 2.05) is 11.8 Å². The number of sulfonamides is 2. The number of hydrogen-bond acceptors (Lipinski definition) is 6. The summed E-state index contributed by atoms with van der Waals surface area (Å²) >= 11 is 6.45. The Balaban J connectivity index is 1.96. The van der Waals surface area contributed by atoms with Crippen LogP contribution in [-0.2, 0) is 24.8 Å². The third-order valence-electron chi connectivity index (χ3n) is 4.69. The third kappa shape index (κ3) is 4.73. The van der Waals surface area contributed by atoms with Gasteiger partial charge >= 0.3 is 0 Å². The van der Waals surface area contributed by atoms with Crippen molar-refractivity contribution in [2.75, 3.05) is 50.0 Å². The molecule has 30 heavy (non-hydrogen) atoms. The van der Waals surface area contributed by atoms with Crippen LogP contribution in [-0.4, -0.2) is 61.5 Å². The maximum Gasteiger partial charge on any atom is 0.261 e. The lowest BCUT2D eigenvalue weighted by molar-refractivity contribution is 0.123. The molecule has 8 nitrogen and oxygen atoms in total. The van der Waals surface area contributed by atoms with E-state index in [4.69, 9.17) is 16.3 Å². The van der Waals surface area contributed by atoms with Gasteiger partial charge in [-0.3, -0.25) is 4.72 Å². The third-order valence-corrected chi connectivity index (χ3v) is 8.19. The molecule has 0 aliphatic carbocycles. The van der Waals surface area contributed by atoms with Gasteiger partial charge in [0.15, 0.2) is 0 Å². The molecule has 0 saturated carbocycles. The number of hydrogen-bond donors (Lipinski definition) is 1. The van der Waals surface area contributed by atoms with Crippen molar-refractivity contribution < 1.29 is 21.6 Å². The maximum atomic E-state index is 13.0. The molecule has 3 rings (SSSR count). The molecule has 0 aromatic heterocycles. The van der Waals surface area contributed by atoms with Gasteiger partial charge in [0.25, 0.3) is 10.0 Å². The molecular formula is C19H24ClN3O5S2. The molecule has 0 atom stereocenters. The number of rotatable bonds is 6. The molecular weight excluding hydrogens is 450 g/mol. The SMILES string of the molecule is Cc1cc(Cl)c(N2CCOCC2)c(NS(=O)(=O)c2ccc(S(=O)(=O)N(C)C)cc2)c1. The Bertz CT molecular complexity index is 1130. The first-order valence-corrected chi connectivity index (χ1v) is 12.5. The summed E-state index contributed by atoms with van der Waals surface area (Å²) in [5.74, 6) is 0. The van der Waals surface area contributed by atoms with Crippen LogP contribution >= 0.6 is 11.6 Å². The number of ether oxygens (including phenoxy) is 1. The minimum Gasteiger partial charge on any atom is -0.378 e. The minimum absolute atomic E-state index is 0.0130. The highest BCUT2D eigenvalue weighted by Gasteiger charge is 2.24. The normalized spacial score (nSPS) is 15.4. The summed E-state index contributed by atoms with van der Waals surface area (Å²) < 4.78 is 59.5. The smallest absolute Gasteiger partial charge is 0.261 e. The number of aryl methyl sites for hydroxylation is 1. The maximum absolute atomic E-state index is 13.0. The van der Waals surface area contributed by atoms with E-state index in [1.54, 1.807) is 12.1 Å². The van der Waals surface area contributed by atoms with Crippen LogP contribution in [0, 0.1) is 6.92 Å². The molecule has 1 N–H and O–H groups in total. The van der Waals surface area contributed by atoms with E-state index in [0.717, 1.165) is 9.87 Å². The quantitative estimate of drug-likeness (QED) is 0.692. The number of nitrogens with one attached hydrogen (secondary N) is 1. The van der Waals surface area contributed by atoms with Crippen LogP contribution in [0.1, 0.15) is 5.56 Å². The van der Waals surface area contributed by atoms with Crippen molar-refractivity contribution in [2.24, 2.45) is 0 Å². The Labute approximate surface area is 182 Å². The van der Waals surface area contributed by atoms with Crippen LogP contribution in [0.15, 0.2) is 46.2 Å². The van der Waals surface area contributed by atoms with Crippen LogP contribution in [0.25, 0.3) is 0 Å². The molecule has 2 aromatic rings. The van der Waals surface area contributed by atoms with Gasteiger partial charge in [0.05, 0.1) is 39.4 Å². The monoisotopic (exact) mass is 473 g/mol. The van der Waals surface area contributed by atoms with E-state index < -0.39 is 20.0 Å². The number of nitrogens with zero attached hydrogens (tertiary/aromatic N) is 2. The Hall–Kier alpha value is -1.85. The van der Waals surface area contributed by atoms with Gasteiger partial charge in [0.1, 0.15) is 0 Å². The van der Waals surface area contributed by atoms with Crippen molar-refractivity contribution in [1.82, 2.24) is 4.31 Å². The van der Waals surface area contributed by atoms with E-state index in [1.165, 1.54) is 38.4 Å². The molecule has 1 fully saturated rings. The topological polar surface area (TPSA) is 96.0 Å². The lowest BCUT2D eigenvalue weighted by Crippen LogP contribution is -2.37. The average molecular weight is 474 g/mol. The predicted molar refractivity (Wildman–Crippen MR) is 117 cm³/mol. The summed E-state index contributed by atoms with van der Waals surface area (Å²) in [7, 11) is -4.79. The van der Waals surface area contributed by atoms with Gasteiger partial charge in [-0.1, -0.05) is 11.6 Å². The summed E-state index contributed by atoms with van der Waals surface area (Å²) in [4.78, 5) is 1.94. The molecule has 0 spiro atoms. The zero-order valence-electron chi connectivity index (χ0n) is 16.9. The summed E-state index contributed by atoms with van der Waals surface area (Å²) in [6.07, 6.45) is 0. The van der Waals surface area contributed by atoms with Crippen LogP contribution in [0.3, 0.4) is 0 Å². The highest BCUT2D eigenvalue weighted by atomic mass is 35.5. The molecule has 164 valence electrons. The van der Waals surface area contributed by atoms with E-state index in [2.05, 4.69) is 4.72 Å². The minimum atomic E-state index is -3.97. The Morgan fingerprint density at radius 1 is 1.00 bits per heavy atom. The summed E-state index contributed by atoms with van der Waals surface area (Å²) in [6, 6.07) is 8.59. The number of benzene rings is 2. The highest BCUT2D eigenvalue weighted by molar-refractivity contribution is 7.92. The van der Waals surface area contributed by atoms with Gasteiger partial charge in [-0.25, -0.2) is 21.1 Å². The van der Waals surface area contributed by atoms with Gasteiger partial charge in [-0.2, -0.15) is 0 Å². The van der Waals surface area contributed by atoms with Gasteiger partial charge in [-0.15, -0.1) is 0 Å². The Morgan fingerprint density at radius 2 is 1.57 bits per heavy atom. The highest BCUT2D eigenvalue weighted by Crippen LogP contribution is 2.37. The van der Waals surface area contributed by atoms with Gasteiger partial charge in [-0.05, 0) is 48.9 Å². The van der Waals surface area contributed by atoms with Crippen LogP contribution < -0.4 is 9.62 Å². The molecule has 2 aromatic carbocycles. The zero-order valence-corrected chi connectivity index (χ0v) is 19.3. The van der Waals surface area contributed by atoms with Gasteiger partial charge in [0.2, 0.25) is 10.0 Å². The van der Waals surface area contributed by atoms with Crippen LogP contribution in [0.5, 0.6) is 0 Å². The van der Waals surface area contributed by atoms with E-state index in [0.29, 0.717) is 42.7 Å². The molecule has 0 amide bonds. The molecule has 11 heteroatoms. The average Bonchev–Trinajstić information content (AvgIpc) is 2.68. The summed E-state index contributed by atoms with van der Waals surface area (Å²) in [5, 5.41) is 0.446. The van der Waals surface area contributed by atoms with Crippen molar-refractivity contribution in [1.29, 1.82) is 0 Å². The van der Waals surface area contributed by atoms with Crippen molar-refractivity contribution in [2.45, 2.75) is 16.7 Å². The van der Waals surface area contributed by atoms with Gasteiger partial charge < -0.3 is 9.64 Å². The lowest BCUT2D eigenvalue weighted by Gasteiger charge is -2.31. The van der Waals surface area contributed by atoms with Crippen molar-refractivity contribution in [3.63, 3.8) is 0 Å². The number of halogens is 1. The first-order valence-electron chi connectivity index (χ1n) is 9.20. The number of morpholine rings is 1. The standard InChI is InChI=1S/C19H24ClN3O5S2/c1-14-12-17(20)19(23-8-10-28-11-9-23)18(13-14)21-29(24,25)15-4-6-16(7-5-15)30(26,27)22(2)3/h4-7,12-13,21H,8-11H2,1-3H3. The largest absolute Gasteiger partial charge is 0.378 e. The Morgan fingerprint density at radius 3 is 2.13 bits per heavy atom. The molecule has 0 bridgehead atoms. The van der Waals surface area contributed by atoms with Crippen LogP contribution in [0.2, 0.25) is 5.02 Å². The molecule has 0 radical (unpaired) electrons. The lowest BCUT2D eigenvalue weighted by atomic mass is 10.1. The molecule has 1 aliphatic heterocycles. The first kappa shape index (κ1) is 22.8. The Kier molecular flexibility index (Phi) is 6.63. The van der Waals surface area contributed by atoms with Crippen molar-refractivity contribution in [3.8, 4) is 0 Å². The van der Waals surface area contributed by atoms with E-state index in [-0.39, 0.29) is 9.79 Å². The zero-order chi connectivity index (χ0) is 22.1. The fourth-order valence-corrected chi connectivity index (χ4v) is 5.48. The van der Waals surface area contributed by atoms with E-state index in [9.17, 15) is 16.8 Å². The van der Waals surface area contributed by atoms with Crippen molar-refractivity contribution in [3.05, 3.63) is 47.0 Å².